The highest BCUT2D eigenvalue weighted by molar-refractivity contribution is 5.88. The standard InChI is InChI=1S/C37H50FN3O4/c1-24(2)39-23-30-32(27-11-15-29(16-12-27)44-22-17-26-9-13-28(38)14-10-26)33(41-20-18-37(7,8)19-21-41)31(25(3)40-30)34(35(42)43)45-36(4,5)6/h9-16,24,34,39H,17-23H2,1-8H3,(H,42,43)/t34-/m0/s1. The van der Waals surface area contributed by atoms with Crippen molar-refractivity contribution in [1.29, 1.82) is 0 Å². The molecule has 244 valence electrons. The van der Waals surface area contributed by atoms with Gasteiger partial charge in [-0.25, -0.2) is 9.18 Å². The molecule has 3 aromatic rings. The quantitative estimate of drug-likeness (QED) is 0.213. The van der Waals surface area contributed by atoms with Crippen LogP contribution in [-0.2, 0) is 22.5 Å². The molecule has 1 saturated heterocycles. The van der Waals surface area contributed by atoms with E-state index in [0.717, 1.165) is 59.8 Å². The minimum Gasteiger partial charge on any atom is -0.493 e. The molecule has 1 atom stereocenters. The molecular formula is C37H50FN3O4. The van der Waals surface area contributed by atoms with Gasteiger partial charge >= 0.3 is 5.97 Å². The number of piperidine rings is 1. The number of ether oxygens (including phenoxy) is 2. The summed E-state index contributed by atoms with van der Waals surface area (Å²) in [5, 5.41) is 14.1. The minimum atomic E-state index is -1.18. The van der Waals surface area contributed by atoms with Crippen LogP contribution in [-0.4, -0.2) is 47.4 Å². The number of carboxylic acid groups (broad SMARTS) is 1. The average molecular weight is 620 g/mol. The van der Waals surface area contributed by atoms with Crippen molar-refractivity contribution < 1.29 is 23.8 Å². The van der Waals surface area contributed by atoms with Gasteiger partial charge in [0.05, 0.1) is 23.6 Å². The third-order valence-electron chi connectivity index (χ3n) is 8.26. The summed E-state index contributed by atoms with van der Waals surface area (Å²) in [4.78, 5) is 20.3. The highest BCUT2D eigenvalue weighted by Crippen LogP contribution is 2.45. The zero-order valence-electron chi connectivity index (χ0n) is 28.2. The fourth-order valence-electron chi connectivity index (χ4n) is 5.71. The number of benzene rings is 2. The smallest absolute Gasteiger partial charge is 0.337 e. The summed E-state index contributed by atoms with van der Waals surface area (Å²) >= 11 is 0. The van der Waals surface area contributed by atoms with Crippen LogP contribution in [0.3, 0.4) is 0 Å². The normalized spacial score (nSPS) is 15.7. The molecule has 0 bridgehead atoms. The molecule has 0 aliphatic carbocycles. The van der Waals surface area contributed by atoms with Crippen LogP contribution in [0.5, 0.6) is 5.75 Å². The first-order chi connectivity index (χ1) is 21.1. The monoisotopic (exact) mass is 619 g/mol. The molecule has 2 heterocycles. The van der Waals surface area contributed by atoms with Gasteiger partial charge in [-0.1, -0.05) is 52.0 Å². The van der Waals surface area contributed by atoms with Gasteiger partial charge in [0.1, 0.15) is 11.6 Å². The number of aryl methyl sites for hydroxylation is 1. The number of halogens is 1. The summed E-state index contributed by atoms with van der Waals surface area (Å²) in [5.41, 5.74) is 5.43. The summed E-state index contributed by atoms with van der Waals surface area (Å²) in [7, 11) is 0. The summed E-state index contributed by atoms with van der Waals surface area (Å²) in [6.45, 7) is 18.9. The minimum absolute atomic E-state index is 0.210. The van der Waals surface area contributed by atoms with E-state index in [4.69, 9.17) is 14.5 Å². The van der Waals surface area contributed by atoms with E-state index in [2.05, 4.69) is 37.9 Å². The van der Waals surface area contributed by atoms with Gasteiger partial charge in [0.15, 0.2) is 6.10 Å². The molecule has 0 unspecified atom stereocenters. The van der Waals surface area contributed by atoms with Gasteiger partial charge < -0.3 is 24.8 Å². The first-order valence-corrected chi connectivity index (χ1v) is 16.0. The summed E-state index contributed by atoms with van der Waals surface area (Å²) in [6, 6.07) is 14.7. The number of hydrogen-bond donors (Lipinski definition) is 2. The molecule has 4 rings (SSSR count). The molecule has 0 radical (unpaired) electrons. The van der Waals surface area contributed by atoms with E-state index in [1.807, 2.05) is 52.0 Å². The van der Waals surface area contributed by atoms with Gasteiger partial charge in [-0.2, -0.15) is 0 Å². The van der Waals surface area contributed by atoms with E-state index in [9.17, 15) is 14.3 Å². The second-order valence-corrected chi connectivity index (χ2v) is 14.2. The lowest BCUT2D eigenvalue weighted by atomic mass is 9.81. The Kier molecular flexibility index (Phi) is 10.9. The second-order valence-electron chi connectivity index (χ2n) is 14.2. The maximum Gasteiger partial charge on any atom is 0.337 e. The van der Waals surface area contributed by atoms with Gasteiger partial charge in [-0.15, -0.1) is 0 Å². The number of rotatable bonds is 12. The molecule has 1 fully saturated rings. The Labute approximate surface area is 268 Å². The summed E-state index contributed by atoms with van der Waals surface area (Å²) < 4.78 is 25.6. The highest BCUT2D eigenvalue weighted by atomic mass is 19.1. The number of carboxylic acids is 1. The van der Waals surface area contributed by atoms with Crippen LogP contribution in [0, 0.1) is 18.2 Å². The van der Waals surface area contributed by atoms with E-state index < -0.39 is 17.7 Å². The number of nitrogens with zero attached hydrogens (tertiary/aromatic N) is 2. The molecule has 0 amide bonds. The first-order valence-electron chi connectivity index (χ1n) is 16.0. The van der Waals surface area contributed by atoms with Gasteiger partial charge in [0, 0.05) is 48.9 Å². The molecule has 0 saturated carbocycles. The predicted octanol–water partition coefficient (Wildman–Crippen LogP) is 7.88. The Bertz CT molecular complexity index is 1440. The van der Waals surface area contributed by atoms with E-state index in [1.165, 1.54) is 12.1 Å². The number of aromatic nitrogens is 1. The fraction of sp³-hybridized carbons (Fsp3) is 0.514. The van der Waals surface area contributed by atoms with Crippen molar-refractivity contribution >= 4 is 11.7 Å². The number of carbonyl (C=O) groups is 1. The Balaban J connectivity index is 1.80. The second kappa shape index (κ2) is 14.3. The lowest BCUT2D eigenvalue weighted by Crippen LogP contribution is -2.39. The van der Waals surface area contributed by atoms with E-state index >= 15 is 0 Å². The maximum atomic E-state index is 13.3. The molecule has 2 N–H and O–H groups in total. The predicted molar refractivity (Wildman–Crippen MR) is 178 cm³/mol. The average Bonchev–Trinajstić information content (AvgIpc) is 2.96. The van der Waals surface area contributed by atoms with E-state index in [0.29, 0.717) is 30.8 Å². The third kappa shape index (κ3) is 9.27. The Morgan fingerprint density at radius 2 is 1.69 bits per heavy atom. The van der Waals surface area contributed by atoms with Crippen LogP contribution in [0.1, 0.15) is 89.9 Å². The number of aliphatic carboxylic acids is 1. The topological polar surface area (TPSA) is 83.9 Å². The lowest BCUT2D eigenvalue weighted by molar-refractivity contribution is -0.160. The van der Waals surface area contributed by atoms with Crippen LogP contribution in [0.4, 0.5) is 10.1 Å². The number of hydrogen-bond acceptors (Lipinski definition) is 6. The summed E-state index contributed by atoms with van der Waals surface area (Å²) in [6.07, 6.45) is 1.47. The van der Waals surface area contributed by atoms with E-state index in [1.54, 1.807) is 12.1 Å². The van der Waals surface area contributed by atoms with Crippen molar-refractivity contribution in [3.63, 3.8) is 0 Å². The zero-order valence-corrected chi connectivity index (χ0v) is 28.2. The van der Waals surface area contributed by atoms with Crippen molar-refractivity contribution in [2.75, 3.05) is 24.6 Å². The molecule has 45 heavy (non-hydrogen) atoms. The van der Waals surface area contributed by atoms with Crippen molar-refractivity contribution in [3.8, 4) is 16.9 Å². The number of nitrogens with one attached hydrogen (secondary N) is 1. The van der Waals surface area contributed by atoms with Gasteiger partial charge in [-0.05, 0) is 81.3 Å². The summed E-state index contributed by atoms with van der Waals surface area (Å²) in [5.74, 6) is -0.555. The SMILES string of the molecule is Cc1nc(CNC(C)C)c(-c2ccc(OCCc3ccc(F)cc3)cc2)c(N2CCC(C)(C)CC2)c1[C@H](OC(C)(C)C)C(=O)O. The van der Waals surface area contributed by atoms with Crippen molar-refractivity contribution in [2.24, 2.45) is 5.41 Å². The van der Waals surface area contributed by atoms with Gasteiger partial charge in [0.25, 0.3) is 0 Å². The highest BCUT2D eigenvalue weighted by Gasteiger charge is 2.37. The van der Waals surface area contributed by atoms with Crippen molar-refractivity contribution in [2.45, 2.75) is 98.9 Å². The Morgan fingerprint density at radius 1 is 1.07 bits per heavy atom. The van der Waals surface area contributed by atoms with Crippen molar-refractivity contribution in [3.05, 3.63) is 76.9 Å². The zero-order chi connectivity index (χ0) is 32.9. The van der Waals surface area contributed by atoms with Gasteiger partial charge in [-0.3, -0.25) is 4.98 Å². The number of pyridine rings is 1. The Morgan fingerprint density at radius 3 is 2.24 bits per heavy atom. The third-order valence-corrected chi connectivity index (χ3v) is 8.26. The molecule has 0 spiro atoms. The maximum absolute atomic E-state index is 13.3. The molecular weight excluding hydrogens is 569 g/mol. The van der Waals surface area contributed by atoms with E-state index in [-0.39, 0.29) is 17.3 Å². The van der Waals surface area contributed by atoms with Crippen LogP contribution in [0.25, 0.3) is 11.1 Å². The first kappa shape index (κ1) is 34.4. The molecule has 7 nitrogen and oxygen atoms in total. The molecule has 1 aromatic heterocycles. The molecule has 2 aromatic carbocycles. The van der Waals surface area contributed by atoms with Crippen molar-refractivity contribution in [1.82, 2.24) is 10.3 Å². The van der Waals surface area contributed by atoms with Crippen LogP contribution >= 0.6 is 0 Å². The molecule has 1 aliphatic heterocycles. The Hall–Kier alpha value is -3.49. The number of anilines is 1. The van der Waals surface area contributed by atoms with Crippen LogP contribution < -0.4 is 15.0 Å². The van der Waals surface area contributed by atoms with Crippen LogP contribution in [0.15, 0.2) is 48.5 Å². The lowest BCUT2D eigenvalue weighted by Gasteiger charge is -2.41. The molecule has 8 heteroatoms. The van der Waals surface area contributed by atoms with Gasteiger partial charge in [0.2, 0.25) is 0 Å². The van der Waals surface area contributed by atoms with Crippen LogP contribution in [0.2, 0.25) is 0 Å². The molecule has 1 aliphatic rings. The fourth-order valence-corrected chi connectivity index (χ4v) is 5.71. The largest absolute Gasteiger partial charge is 0.493 e.